The van der Waals surface area contributed by atoms with E-state index >= 15 is 0 Å². The molecule has 0 heterocycles. The smallest absolute Gasteiger partial charge is 0.0900 e. The number of aliphatic hydroxyl groups is 2. The Morgan fingerprint density at radius 1 is 1.30 bits per heavy atom. The van der Waals surface area contributed by atoms with Gasteiger partial charge in [-0.3, -0.25) is 4.90 Å². The lowest BCUT2D eigenvalue weighted by molar-refractivity contribution is 0.0419. The van der Waals surface area contributed by atoms with E-state index in [0.29, 0.717) is 19.6 Å². The van der Waals surface area contributed by atoms with Gasteiger partial charge in [0.2, 0.25) is 0 Å². The van der Waals surface area contributed by atoms with Gasteiger partial charge in [-0.15, -0.1) is 0 Å². The molecule has 0 aromatic heterocycles. The summed E-state index contributed by atoms with van der Waals surface area (Å²) in [5, 5.41) is 18.3. The molecule has 0 saturated carbocycles. The van der Waals surface area contributed by atoms with Gasteiger partial charge in [0.05, 0.1) is 19.3 Å². The number of benzene rings is 1. The molecular weight excluding hydrogens is 254 g/mol. The first-order valence-corrected chi connectivity index (χ1v) is 6.70. The van der Waals surface area contributed by atoms with Crippen LogP contribution in [-0.2, 0) is 11.3 Å². The first-order valence-electron chi connectivity index (χ1n) is 6.70. The highest BCUT2D eigenvalue weighted by Crippen LogP contribution is 2.06. The van der Waals surface area contributed by atoms with Gasteiger partial charge in [0.15, 0.2) is 0 Å². The van der Waals surface area contributed by atoms with Crippen molar-refractivity contribution in [2.75, 3.05) is 33.9 Å². The van der Waals surface area contributed by atoms with Crippen molar-refractivity contribution in [2.45, 2.75) is 19.1 Å². The predicted molar refractivity (Wildman–Crippen MR) is 79.2 cm³/mol. The Balaban J connectivity index is 2.47. The van der Waals surface area contributed by atoms with Crippen molar-refractivity contribution in [3.8, 4) is 11.8 Å². The van der Waals surface area contributed by atoms with E-state index in [2.05, 4.69) is 16.7 Å². The van der Waals surface area contributed by atoms with Crippen LogP contribution in [0.5, 0.6) is 0 Å². The summed E-state index contributed by atoms with van der Waals surface area (Å²) in [6.07, 6.45) is 0.0376. The fraction of sp³-hybridized carbons (Fsp3) is 0.500. The highest BCUT2D eigenvalue weighted by atomic mass is 16.5. The van der Waals surface area contributed by atoms with Crippen molar-refractivity contribution in [3.05, 3.63) is 35.4 Å². The molecule has 0 radical (unpaired) electrons. The molecule has 110 valence electrons. The molecule has 0 aliphatic rings. The van der Waals surface area contributed by atoms with Gasteiger partial charge in [0.25, 0.3) is 0 Å². The van der Waals surface area contributed by atoms with Gasteiger partial charge in [-0.25, -0.2) is 0 Å². The molecule has 4 nitrogen and oxygen atoms in total. The van der Waals surface area contributed by atoms with Gasteiger partial charge in [0.1, 0.15) is 0 Å². The minimum atomic E-state index is -0.464. The molecule has 0 spiro atoms. The molecule has 0 fully saturated rings. The topological polar surface area (TPSA) is 52.9 Å². The summed E-state index contributed by atoms with van der Waals surface area (Å²) in [5.74, 6) is 5.89. The number of hydrogen-bond donors (Lipinski definition) is 2. The van der Waals surface area contributed by atoms with Crippen LogP contribution in [-0.4, -0.2) is 55.1 Å². The van der Waals surface area contributed by atoms with Crippen molar-refractivity contribution >= 4 is 0 Å². The molecule has 0 aliphatic heterocycles. The molecule has 4 heteroatoms. The number of likely N-dealkylation sites (N-methyl/N-ethyl adjacent to an activating group) is 1. The fourth-order valence-corrected chi connectivity index (χ4v) is 1.90. The average molecular weight is 277 g/mol. The summed E-state index contributed by atoms with van der Waals surface area (Å²) in [5.41, 5.74) is 2.12. The molecule has 1 rings (SSSR count). The maximum absolute atomic E-state index is 9.66. The van der Waals surface area contributed by atoms with Gasteiger partial charge in [-0.1, -0.05) is 24.0 Å². The second-order valence-electron chi connectivity index (χ2n) is 4.78. The van der Waals surface area contributed by atoms with Crippen molar-refractivity contribution in [1.82, 2.24) is 4.90 Å². The number of hydrogen-bond acceptors (Lipinski definition) is 4. The second kappa shape index (κ2) is 9.51. The Morgan fingerprint density at radius 2 is 2.00 bits per heavy atom. The maximum atomic E-state index is 9.66. The van der Waals surface area contributed by atoms with Crippen molar-refractivity contribution < 1.29 is 14.9 Å². The Bertz CT molecular complexity index is 433. The zero-order chi connectivity index (χ0) is 14.8. The Morgan fingerprint density at radius 3 is 2.60 bits per heavy atom. The normalized spacial score (nSPS) is 12.1. The first kappa shape index (κ1) is 16.7. The van der Waals surface area contributed by atoms with E-state index < -0.39 is 6.10 Å². The molecule has 2 N–H and O–H groups in total. The number of methoxy groups -OCH3 is 1. The lowest BCUT2D eigenvalue weighted by Gasteiger charge is -2.20. The van der Waals surface area contributed by atoms with Crippen LogP contribution in [0.3, 0.4) is 0 Å². The van der Waals surface area contributed by atoms with Crippen LogP contribution in [0.4, 0.5) is 0 Å². The van der Waals surface area contributed by atoms with Crippen LogP contribution < -0.4 is 0 Å². The van der Waals surface area contributed by atoms with Crippen LogP contribution in [0.1, 0.15) is 17.5 Å². The number of ether oxygens (including phenoxy) is 1. The maximum Gasteiger partial charge on any atom is 0.0900 e. The quantitative estimate of drug-likeness (QED) is 0.726. The van der Waals surface area contributed by atoms with Gasteiger partial charge < -0.3 is 14.9 Å². The minimum absolute atomic E-state index is 0.0969. The van der Waals surface area contributed by atoms with Gasteiger partial charge in [0, 0.05) is 32.2 Å². The Kier molecular flexibility index (Phi) is 7.93. The lowest BCUT2D eigenvalue weighted by Crippen LogP contribution is -2.31. The third-order valence-electron chi connectivity index (χ3n) is 2.76. The number of aliphatic hydroxyl groups excluding tert-OH is 2. The molecule has 0 saturated heterocycles. The van der Waals surface area contributed by atoms with Crippen molar-refractivity contribution in [3.63, 3.8) is 0 Å². The van der Waals surface area contributed by atoms with E-state index in [1.54, 1.807) is 7.11 Å². The largest absolute Gasteiger partial charge is 0.395 e. The van der Waals surface area contributed by atoms with Crippen LogP contribution in [0.2, 0.25) is 0 Å². The van der Waals surface area contributed by atoms with Gasteiger partial charge in [-0.2, -0.15) is 0 Å². The molecule has 0 aliphatic carbocycles. The first-order chi connectivity index (χ1) is 9.65. The third-order valence-corrected chi connectivity index (χ3v) is 2.76. The molecule has 1 atom stereocenters. The highest BCUT2D eigenvalue weighted by molar-refractivity contribution is 5.36. The zero-order valence-corrected chi connectivity index (χ0v) is 12.2. The van der Waals surface area contributed by atoms with E-state index in [0.717, 1.165) is 12.1 Å². The average Bonchev–Trinajstić information content (AvgIpc) is 2.41. The second-order valence-corrected chi connectivity index (χ2v) is 4.78. The molecule has 0 amide bonds. The predicted octanol–water partition coefficient (Wildman–Crippen LogP) is 0.860. The van der Waals surface area contributed by atoms with Gasteiger partial charge in [-0.05, 0) is 24.7 Å². The standard InChI is InChI=1S/C16H23NO3/c1-17(12-16(19)13-20-2)11-15-8-6-14(7-9-15)5-3-4-10-18/h6-9,16,18-19H,4,10-13H2,1-2H3. The Labute approximate surface area is 121 Å². The molecular formula is C16H23NO3. The summed E-state index contributed by atoms with van der Waals surface area (Å²) in [7, 11) is 3.55. The van der Waals surface area contributed by atoms with E-state index in [4.69, 9.17) is 9.84 Å². The summed E-state index contributed by atoms with van der Waals surface area (Å²) < 4.78 is 4.91. The van der Waals surface area contributed by atoms with Crippen LogP contribution >= 0.6 is 0 Å². The van der Waals surface area contributed by atoms with E-state index in [-0.39, 0.29) is 6.61 Å². The van der Waals surface area contributed by atoms with E-state index in [9.17, 15) is 5.11 Å². The minimum Gasteiger partial charge on any atom is -0.395 e. The van der Waals surface area contributed by atoms with E-state index in [1.807, 2.05) is 31.3 Å². The Hall–Kier alpha value is -1.38. The molecule has 1 unspecified atom stereocenters. The summed E-state index contributed by atoms with van der Waals surface area (Å²) in [4.78, 5) is 2.05. The van der Waals surface area contributed by atoms with E-state index in [1.165, 1.54) is 5.56 Å². The summed E-state index contributed by atoms with van der Waals surface area (Å²) >= 11 is 0. The monoisotopic (exact) mass is 277 g/mol. The van der Waals surface area contributed by atoms with Crippen LogP contribution in [0, 0.1) is 11.8 Å². The van der Waals surface area contributed by atoms with Crippen LogP contribution in [0.15, 0.2) is 24.3 Å². The van der Waals surface area contributed by atoms with Crippen molar-refractivity contribution in [1.29, 1.82) is 0 Å². The zero-order valence-electron chi connectivity index (χ0n) is 12.2. The number of nitrogens with zero attached hydrogens (tertiary/aromatic N) is 1. The van der Waals surface area contributed by atoms with Gasteiger partial charge >= 0.3 is 0 Å². The number of rotatable bonds is 7. The molecule has 1 aromatic carbocycles. The van der Waals surface area contributed by atoms with Crippen LogP contribution in [0.25, 0.3) is 0 Å². The molecule has 20 heavy (non-hydrogen) atoms. The summed E-state index contributed by atoms with van der Waals surface area (Å²) in [6.45, 7) is 1.79. The molecule has 0 bridgehead atoms. The molecule has 1 aromatic rings. The fourth-order valence-electron chi connectivity index (χ4n) is 1.90. The summed E-state index contributed by atoms with van der Waals surface area (Å²) in [6, 6.07) is 8.00. The SMILES string of the molecule is COCC(O)CN(C)Cc1ccc(C#CCCO)cc1. The van der Waals surface area contributed by atoms with Crippen molar-refractivity contribution in [2.24, 2.45) is 0 Å². The third kappa shape index (κ3) is 6.69. The lowest BCUT2D eigenvalue weighted by atomic mass is 10.1. The highest BCUT2D eigenvalue weighted by Gasteiger charge is 2.08.